The van der Waals surface area contributed by atoms with E-state index >= 15 is 0 Å². The van der Waals surface area contributed by atoms with Gasteiger partial charge in [-0.25, -0.2) is 9.18 Å². The van der Waals surface area contributed by atoms with Gasteiger partial charge in [0.15, 0.2) is 6.61 Å². The van der Waals surface area contributed by atoms with Crippen LogP contribution < -0.4 is 10.1 Å². The number of methoxy groups -OCH3 is 1. The molecule has 0 bridgehead atoms. The number of amides is 1. The summed E-state index contributed by atoms with van der Waals surface area (Å²) < 4.78 is 23.6. The molecule has 0 aliphatic carbocycles. The lowest BCUT2D eigenvalue weighted by molar-refractivity contribution is -0.124. The molecule has 0 saturated heterocycles. The molecule has 0 saturated carbocycles. The average Bonchev–Trinajstić information content (AvgIpc) is 3.26. The molecule has 0 radical (unpaired) electrons. The fourth-order valence-corrected chi connectivity index (χ4v) is 3.60. The predicted octanol–water partition coefficient (Wildman–Crippen LogP) is 4.27. The molecule has 29 heavy (non-hydrogen) atoms. The number of thiophene rings is 1. The van der Waals surface area contributed by atoms with E-state index in [0.717, 1.165) is 16.0 Å². The summed E-state index contributed by atoms with van der Waals surface area (Å²) in [4.78, 5) is 25.6. The zero-order valence-corrected chi connectivity index (χ0v) is 16.8. The molecule has 7 heteroatoms. The van der Waals surface area contributed by atoms with Gasteiger partial charge >= 0.3 is 5.97 Å². The maximum Gasteiger partial charge on any atom is 0.338 e. The van der Waals surface area contributed by atoms with Gasteiger partial charge in [-0.2, -0.15) is 0 Å². The summed E-state index contributed by atoms with van der Waals surface area (Å²) in [7, 11) is 1.52. The molecule has 1 N–H and O–H groups in total. The van der Waals surface area contributed by atoms with Crippen molar-refractivity contribution in [1.82, 2.24) is 5.32 Å². The fourth-order valence-electron chi connectivity index (χ4n) is 2.79. The number of rotatable bonds is 7. The summed E-state index contributed by atoms with van der Waals surface area (Å²) in [6.45, 7) is 1.43. The minimum atomic E-state index is -0.618. The molecule has 1 heterocycles. The van der Waals surface area contributed by atoms with Crippen molar-refractivity contribution in [3.8, 4) is 5.75 Å². The van der Waals surface area contributed by atoms with Gasteiger partial charge in [0.2, 0.25) is 0 Å². The van der Waals surface area contributed by atoms with Gasteiger partial charge in [-0.05, 0) is 53.8 Å². The van der Waals surface area contributed by atoms with Crippen molar-refractivity contribution < 1.29 is 23.5 Å². The van der Waals surface area contributed by atoms with E-state index in [-0.39, 0.29) is 5.82 Å². The number of halogens is 1. The summed E-state index contributed by atoms with van der Waals surface area (Å²) in [5.41, 5.74) is 1.92. The number of ether oxygens (including phenoxy) is 2. The molecule has 3 rings (SSSR count). The van der Waals surface area contributed by atoms with Crippen LogP contribution in [0.1, 0.15) is 32.4 Å². The number of nitrogens with one attached hydrogen (secondary N) is 1. The second-order valence-corrected chi connectivity index (χ2v) is 7.31. The molecule has 0 unspecified atom stereocenters. The van der Waals surface area contributed by atoms with Gasteiger partial charge in [0.05, 0.1) is 18.7 Å². The van der Waals surface area contributed by atoms with Crippen LogP contribution >= 0.6 is 11.3 Å². The highest BCUT2D eigenvalue weighted by Crippen LogP contribution is 2.26. The Morgan fingerprint density at radius 3 is 2.55 bits per heavy atom. The van der Waals surface area contributed by atoms with Crippen LogP contribution in [-0.4, -0.2) is 25.6 Å². The van der Waals surface area contributed by atoms with Gasteiger partial charge in [0, 0.05) is 4.88 Å². The lowest BCUT2D eigenvalue weighted by Gasteiger charge is -2.18. The molecule has 0 aliphatic rings. The highest BCUT2D eigenvalue weighted by Gasteiger charge is 2.19. The predicted molar refractivity (Wildman–Crippen MR) is 109 cm³/mol. The van der Waals surface area contributed by atoms with Crippen LogP contribution in [0.2, 0.25) is 0 Å². The van der Waals surface area contributed by atoms with Crippen molar-refractivity contribution in [3.63, 3.8) is 0 Å². The highest BCUT2D eigenvalue weighted by atomic mass is 32.1. The van der Waals surface area contributed by atoms with Crippen LogP contribution in [0.25, 0.3) is 0 Å². The second-order valence-electron chi connectivity index (χ2n) is 6.33. The second kappa shape index (κ2) is 9.34. The molecule has 1 amide bonds. The van der Waals surface area contributed by atoms with Gasteiger partial charge < -0.3 is 14.8 Å². The van der Waals surface area contributed by atoms with Crippen LogP contribution in [0.3, 0.4) is 0 Å². The first-order valence-electron chi connectivity index (χ1n) is 8.88. The number of hydrogen-bond acceptors (Lipinski definition) is 5. The molecule has 1 atom stereocenters. The van der Waals surface area contributed by atoms with Crippen LogP contribution in [0, 0.1) is 12.7 Å². The first-order valence-corrected chi connectivity index (χ1v) is 9.76. The topological polar surface area (TPSA) is 64.6 Å². The normalized spacial score (nSPS) is 11.6. The van der Waals surface area contributed by atoms with Gasteiger partial charge in [-0.1, -0.05) is 24.3 Å². The summed E-state index contributed by atoms with van der Waals surface area (Å²) in [6.07, 6.45) is 0. The summed E-state index contributed by atoms with van der Waals surface area (Å²) >= 11 is 1.47. The molecule has 3 aromatic rings. The van der Waals surface area contributed by atoms with Crippen molar-refractivity contribution in [2.45, 2.75) is 13.0 Å². The molecule has 0 spiro atoms. The highest BCUT2D eigenvalue weighted by molar-refractivity contribution is 7.10. The Hall–Kier alpha value is -3.19. The summed E-state index contributed by atoms with van der Waals surface area (Å²) in [5.74, 6) is -0.863. The Kier molecular flexibility index (Phi) is 6.61. The third kappa shape index (κ3) is 5.20. The van der Waals surface area contributed by atoms with Crippen LogP contribution in [0.5, 0.6) is 5.75 Å². The van der Waals surface area contributed by atoms with E-state index in [4.69, 9.17) is 9.47 Å². The lowest BCUT2D eigenvalue weighted by atomic mass is 10.1. The molecule has 150 valence electrons. The van der Waals surface area contributed by atoms with E-state index in [1.807, 2.05) is 24.4 Å². The first-order chi connectivity index (χ1) is 14.0. The molecular weight excluding hydrogens is 393 g/mol. The van der Waals surface area contributed by atoms with Crippen molar-refractivity contribution in [2.24, 2.45) is 0 Å². The quantitative estimate of drug-likeness (QED) is 0.588. The maximum atomic E-state index is 13.3. The van der Waals surface area contributed by atoms with Crippen molar-refractivity contribution >= 4 is 23.2 Å². The summed E-state index contributed by atoms with van der Waals surface area (Å²) in [6, 6.07) is 14.1. The molecule has 1 aromatic heterocycles. The van der Waals surface area contributed by atoms with Crippen LogP contribution in [0.15, 0.2) is 60.0 Å². The van der Waals surface area contributed by atoms with E-state index in [9.17, 15) is 14.0 Å². The molecule has 0 aliphatic heterocycles. The zero-order valence-electron chi connectivity index (χ0n) is 16.0. The molecule has 2 aromatic carbocycles. The van der Waals surface area contributed by atoms with Gasteiger partial charge in [0.1, 0.15) is 11.6 Å². The standard InChI is InChI=1S/C22H20FNO4S/c1-14-5-6-16(12-18(14)27-2)22(26)28-13-20(25)24-21(19-4-3-11-29-19)15-7-9-17(23)10-8-15/h3-12,21H,13H2,1-2H3,(H,24,25)/t21-/m0/s1. The largest absolute Gasteiger partial charge is 0.496 e. The minimum Gasteiger partial charge on any atom is -0.496 e. The maximum absolute atomic E-state index is 13.3. The Balaban J connectivity index is 1.66. The van der Waals surface area contributed by atoms with E-state index in [1.165, 1.54) is 30.6 Å². The number of aryl methyl sites for hydroxylation is 1. The molecule has 0 fully saturated rings. The molecular formula is C22H20FNO4S. The number of benzene rings is 2. The Morgan fingerprint density at radius 2 is 1.90 bits per heavy atom. The Bertz CT molecular complexity index is 987. The van der Waals surface area contributed by atoms with Crippen molar-refractivity contribution in [2.75, 3.05) is 13.7 Å². The average molecular weight is 413 g/mol. The van der Waals surface area contributed by atoms with Crippen molar-refractivity contribution in [1.29, 1.82) is 0 Å². The minimum absolute atomic E-state index is 0.300. The smallest absolute Gasteiger partial charge is 0.338 e. The SMILES string of the molecule is COc1cc(C(=O)OCC(=O)N[C@@H](c2ccc(F)cc2)c2cccs2)ccc1C. The van der Waals surface area contributed by atoms with E-state index in [2.05, 4.69) is 5.32 Å². The van der Waals surface area contributed by atoms with Gasteiger partial charge in [0.25, 0.3) is 5.91 Å². The number of carbonyl (C=O) groups excluding carboxylic acids is 2. The van der Waals surface area contributed by atoms with Gasteiger partial charge in [-0.15, -0.1) is 11.3 Å². The van der Waals surface area contributed by atoms with Crippen LogP contribution in [0.4, 0.5) is 4.39 Å². The fraction of sp³-hybridized carbons (Fsp3) is 0.182. The first kappa shape index (κ1) is 20.5. The number of hydrogen-bond donors (Lipinski definition) is 1. The molecule has 5 nitrogen and oxygen atoms in total. The lowest BCUT2D eigenvalue weighted by Crippen LogP contribution is -2.32. The monoisotopic (exact) mass is 413 g/mol. The zero-order chi connectivity index (χ0) is 20.8. The van der Waals surface area contributed by atoms with Crippen LogP contribution in [-0.2, 0) is 9.53 Å². The van der Waals surface area contributed by atoms with Gasteiger partial charge in [-0.3, -0.25) is 4.79 Å². The van der Waals surface area contributed by atoms with E-state index in [1.54, 1.807) is 30.3 Å². The van der Waals surface area contributed by atoms with E-state index < -0.39 is 24.5 Å². The third-order valence-electron chi connectivity index (χ3n) is 4.31. The van der Waals surface area contributed by atoms with E-state index in [0.29, 0.717) is 11.3 Å². The summed E-state index contributed by atoms with van der Waals surface area (Å²) in [5, 5.41) is 4.73. The van der Waals surface area contributed by atoms with Crippen molar-refractivity contribution in [3.05, 3.63) is 87.4 Å². The Morgan fingerprint density at radius 1 is 1.14 bits per heavy atom. The third-order valence-corrected chi connectivity index (χ3v) is 5.25. The number of esters is 1. The Labute approximate surface area is 172 Å². The number of carbonyl (C=O) groups is 2.